The average molecular weight is 407 g/mol. The van der Waals surface area contributed by atoms with Crippen molar-refractivity contribution in [2.24, 2.45) is 13.0 Å². The third kappa shape index (κ3) is 3.88. The number of carbonyl (C=O) groups excluding carboxylic acids is 1. The number of rotatable bonds is 5. The number of imidazole rings is 1. The number of pyridine rings is 1. The van der Waals surface area contributed by atoms with Gasteiger partial charge in [0.05, 0.1) is 11.3 Å². The van der Waals surface area contributed by atoms with Gasteiger partial charge in [0, 0.05) is 62.2 Å². The van der Waals surface area contributed by atoms with Gasteiger partial charge in [0.1, 0.15) is 5.82 Å². The Kier molecular flexibility index (Phi) is 5.70. The van der Waals surface area contributed by atoms with Crippen LogP contribution in [0.15, 0.2) is 30.7 Å². The van der Waals surface area contributed by atoms with Crippen molar-refractivity contribution < 1.29 is 4.79 Å². The first kappa shape index (κ1) is 20.3. The van der Waals surface area contributed by atoms with Crippen molar-refractivity contribution in [3.05, 3.63) is 53.4 Å². The van der Waals surface area contributed by atoms with Crippen LogP contribution in [0, 0.1) is 26.7 Å². The van der Waals surface area contributed by atoms with Gasteiger partial charge in [0.25, 0.3) is 5.91 Å². The molecule has 30 heavy (non-hydrogen) atoms. The first-order valence-electron chi connectivity index (χ1n) is 10.7. The number of nitrogens with zero attached hydrogens (tertiary/aromatic N) is 6. The molecule has 0 bridgehead atoms. The van der Waals surface area contributed by atoms with E-state index in [4.69, 9.17) is 0 Å². The van der Waals surface area contributed by atoms with Crippen molar-refractivity contribution in [2.75, 3.05) is 13.1 Å². The van der Waals surface area contributed by atoms with Crippen LogP contribution in [-0.2, 0) is 13.6 Å². The van der Waals surface area contributed by atoms with Gasteiger partial charge >= 0.3 is 0 Å². The van der Waals surface area contributed by atoms with E-state index in [9.17, 15) is 4.79 Å². The smallest absolute Gasteiger partial charge is 0.257 e. The van der Waals surface area contributed by atoms with Gasteiger partial charge in [-0.3, -0.25) is 14.5 Å². The summed E-state index contributed by atoms with van der Waals surface area (Å²) in [5.41, 5.74) is 4.75. The molecular weight excluding hydrogens is 376 g/mol. The summed E-state index contributed by atoms with van der Waals surface area (Å²) in [5, 5.41) is 4.40. The van der Waals surface area contributed by atoms with Gasteiger partial charge in [-0.25, -0.2) is 4.98 Å². The first-order chi connectivity index (χ1) is 14.5. The number of aromatic nitrogens is 5. The molecule has 158 valence electrons. The minimum absolute atomic E-state index is 0.126. The zero-order chi connectivity index (χ0) is 21.3. The molecule has 3 aromatic rings. The lowest BCUT2D eigenvalue weighted by atomic mass is 9.93. The predicted molar refractivity (Wildman–Crippen MR) is 116 cm³/mol. The summed E-state index contributed by atoms with van der Waals surface area (Å²) in [5.74, 6) is 1.73. The molecule has 4 rings (SSSR count). The minimum atomic E-state index is 0.126. The highest BCUT2D eigenvalue weighted by atomic mass is 16.2. The zero-order valence-electron chi connectivity index (χ0n) is 18.3. The fourth-order valence-electron chi connectivity index (χ4n) is 4.45. The summed E-state index contributed by atoms with van der Waals surface area (Å²) in [6.07, 6.45) is 8.76. The normalized spacial score (nSPS) is 15.0. The lowest BCUT2D eigenvalue weighted by Gasteiger charge is -2.32. The molecule has 1 aliphatic rings. The molecule has 4 heterocycles. The molecule has 7 heteroatoms. The molecule has 1 aliphatic heterocycles. The largest absolute Gasteiger partial charge is 0.339 e. The van der Waals surface area contributed by atoms with Crippen LogP contribution in [0.1, 0.15) is 46.7 Å². The molecule has 0 aliphatic carbocycles. The van der Waals surface area contributed by atoms with Crippen LogP contribution in [0.5, 0.6) is 0 Å². The zero-order valence-corrected chi connectivity index (χ0v) is 18.3. The predicted octanol–water partition coefficient (Wildman–Crippen LogP) is 3.55. The molecule has 0 atom stereocenters. The second-order valence-electron chi connectivity index (χ2n) is 8.31. The summed E-state index contributed by atoms with van der Waals surface area (Å²) < 4.78 is 4.08. The van der Waals surface area contributed by atoms with E-state index in [0.717, 1.165) is 67.2 Å². The SMILES string of the molecule is Cc1nn(C)c(C)c1C(=O)N1CCC(CCn2c(C)cnc2-c2cccnc2)CC1. The van der Waals surface area contributed by atoms with E-state index >= 15 is 0 Å². The van der Waals surface area contributed by atoms with E-state index in [1.807, 2.05) is 44.3 Å². The van der Waals surface area contributed by atoms with Crippen LogP contribution in [-0.4, -0.2) is 48.2 Å². The van der Waals surface area contributed by atoms with E-state index in [0.29, 0.717) is 5.92 Å². The van der Waals surface area contributed by atoms with Gasteiger partial charge in [0.15, 0.2) is 0 Å². The van der Waals surface area contributed by atoms with Gasteiger partial charge in [-0.1, -0.05) is 0 Å². The van der Waals surface area contributed by atoms with Crippen molar-refractivity contribution in [3.63, 3.8) is 0 Å². The maximum atomic E-state index is 13.0. The Morgan fingerprint density at radius 1 is 1.17 bits per heavy atom. The van der Waals surface area contributed by atoms with E-state index in [2.05, 4.69) is 32.6 Å². The Morgan fingerprint density at radius 2 is 1.93 bits per heavy atom. The molecule has 1 amide bonds. The van der Waals surface area contributed by atoms with Gasteiger partial charge in [-0.15, -0.1) is 0 Å². The number of aryl methyl sites for hydroxylation is 3. The highest BCUT2D eigenvalue weighted by Crippen LogP contribution is 2.26. The molecule has 0 aromatic carbocycles. The van der Waals surface area contributed by atoms with Crippen LogP contribution < -0.4 is 0 Å². The number of carbonyl (C=O) groups is 1. The summed E-state index contributed by atoms with van der Waals surface area (Å²) in [4.78, 5) is 23.8. The van der Waals surface area contributed by atoms with E-state index in [1.54, 1.807) is 10.9 Å². The lowest BCUT2D eigenvalue weighted by Crippen LogP contribution is -2.39. The topological polar surface area (TPSA) is 68.8 Å². The fourth-order valence-corrected chi connectivity index (χ4v) is 4.45. The van der Waals surface area contributed by atoms with Crippen LogP contribution in [0.4, 0.5) is 0 Å². The highest BCUT2D eigenvalue weighted by molar-refractivity contribution is 5.96. The van der Waals surface area contributed by atoms with Gasteiger partial charge < -0.3 is 9.47 Å². The second-order valence-corrected chi connectivity index (χ2v) is 8.31. The van der Waals surface area contributed by atoms with Gasteiger partial charge in [-0.05, 0) is 58.1 Å². The van der Waals surface area contributed by atoms with Crippen molar-refractivity contribution in [1.82, 2.24) is 29.2 Å². The Labute approximate surface area is 177 Å². The maximum Gasteiger partial charge on any atom is 0.257 e. The van der Waals surface area contributed by atoms with Crippen LogP contribution in [0.2, 0.25) is 0 Å². The summed E-state index contributed by atoms with van der Waals surface area (Å²) in [7, 11) is 1.89. The summed E-state index contributed by atoms with van der Waals surface area (Å²) in [6.45, 7) is 8.56. The number of hydrogen-bond acceptors (Lipinski definition) is 4. The Balaban J connectivity index is 1.36. The second kappa shape index (κ2) is 8.42. The van der Waals surface area contributed by atoms with E-state index in [1.165, 1.54) is 5.69 Å². The molecule has 1 saturated heterocycles. The molecule has 7 nitrogen and oxygen atoms in total. The Bertz CT molecular complexity index is 1030. The molecule has 0 spiro atoms. The summed E-state index contributed by atoms with van der Waals surface area (Å²) >= 11 is 0. The Morgan fingerprint density at radius 3 is 2.57 bits per heavy atom. The third-order valence-corrected chi connectivity index (χ3v) is 6.36. The monoisotopic (exact) mass is 406 g/mol. The summed E-state index contributed by atoms with van der Waals surface area (Å²) in [6, 6.07) is 4.00. The van der Waals surface area contributed by atoms with Crippen LogP contribution in [0.3, 0.4) is 0 Å². The fraction of sp³-hybridized carbons (Fsp3) is 0.478. The van der Waals surface area contributed by atoms with E-state index < -0.39 is 0 Å². The number of hydrogen-bond donors (Lipinski definition) is 0. The van der Waals surface area contributed by atoms with Crippen molar-refractivity contribution >= 4 is 5.91 Å². The van der Waals surface area contributed by atoms with Crippen molar-refractivity contribution in [1.29, 1.82) is 0 Å². The van der Waals surface area contributed by atoms with E-state index in [-0.39, 0.29) is 5.91 Å². The minimum Gasteiger partial charge on any atom is -0.339 e. The highest BCUT2D eigenvalue weighted by Gasteiger charge is 2.27. The molecule has 0 unspecified atom stereocenters. The van der Waals surface area contributed by atoms with Gasteiger partial charge in [0.2, 0.25) is 0 Å². The van der Waals surface area contributed by atoms with Crippen molar-refractivity contribution in [2.45, 2.75) is 46.6 Å². The standard InChI is InChI=1S/C23H30N6O/c1-16-14-25-22(20-6-5-10-24-15-20)29(16)13-9-19-7-11-28(12-8-19)23(30)21-17(2)26-27(4)18(21)3/h5-6,10,14-15,19H,7-9,11-13H2,1-4H3. The maximum absolute atomic E-state index is 13.0. The molecule has 0 saturated carbocycles. The number of piperidine rings is 1. The quantitative estimate of drug-likeness (QED) is 0.650. The Hall–Kier alpha value is -2.96. The average Bonchev–Trinajstić information content (AvgIpc) is 3.25. The molecule has 0 N–H and O–H groups in total. The van der Waals surface area contributed by atoms with Crippen molar-refractivity contribution in [3.8, 4) is 11.4 Å². The van der Waals surface area contributed by atoms with Gasteiger partial charge in [-0.2, -0.15) is 5.10 Å². The lowest BCUT2D eigenvalue weighted by molar-refractivity contribution is 0.0683. The molecule has 0 radical (unpaired) electrons. The van der Waals surface area contributed by atoms with Crippen LogP contribution in [0.25, 0.3) is 11.4 Å². The number of likely N-dealkylation sites (tertiary alicyclic amines) is 1. The number of amides is 1. The first-order valence-corrected chi connectivity index (χ1v) is 10.7. The van der Waals surface area contributed by atoms with Crippen LogP contribution >= 0.6 is 0 Å². The molecule has 3 aromatic heterocycles. The third-order valence-electron chi connectivity index (χ3n) is 6.36. The molecular formula is C23H30N6O. The molecule has 1 fully saturated rings.